The monoisotopic (exact) mass is 233 g/mol. The van der Waals surface area contributed by atoms with Gasteiger partial charge in [-0.15, -0.1) is 10.2 Å². The first-order chi connectivity index (χ1) is 8.34. The van der Waals surface area contributed by atoms with Crippen molar-refractivity contribution in [2.24, 2.45) is 0 Å². The minimum Gasteiger partial charge on any atom is -0.389 e. The second-order valence-corrected chi connectivity index (χ2v) is 3.81. The van der Waals surface area contributed by atoms with Crippen LogP contribution in [0.15, 0.2) is 43.0 Å². The van der Waals surface area contributed by atoms with E-state index in [-0.39, 0.29) is 0 Å². The molecule has 0 aliphatic heterocycles. The molecule has 0 radical (unpaired) electrons. The summed E-state index contributed by atoms with van der Waals surface area (Å²) in [4.78, 5) is 0. The first-order valence-corrected chi connectivity index (χ1v) is 5.47. The number of nitrogens with zero attached hydrogens (tertiary/aromatic N) is 3. The molecule has 0 aliphatic rings. The zero-order chi connectivity index (χ0) is 11.9. The summed E-state index contributed by atoms with van der Waals surface area (Å²) >= 11 is 0. The summed E-state index contributed by atoms with van der Waals surface area (Å²) in [6.45, 7) is 1.26. The summed E-state index contributed by atoms with van der Waals surface area (Å²) in [5.74, 6) is 0. The van der Waals surface area contributed by atoms with Gasteiger partial charge in [0.25, 0.3) is 0 Å². The molecule has 0 fully saturated rings. The highest BCUT2D eigenvalue weighted by atomic mass is 16.5. The van der Waals surface area contributed by atoms with Crippen LogP contribution in [0.4, 0.5) is 0 Å². The highest BCUT2D eigenvalue weighted by Gasteiger charge is 2.05. The number of aromatic nitrogens is 3. The zero-order valence-corrected chi connectivity index (χ0v) is 9.44. The maximum Gasteiger partial charge on any atom is 0.119 e. The van der Waals surface area contributed by atoms with Gasteiger partial charge in [-0.05, 0) is 5.56 Å². The summed E-state index contributed by atoms with van der Waals surface area (Å²) in [5, 5.41) is 17.0. The molecule has 1 atom stereocenters. The van der Waals surface area contributed by atoms with Crippen molar-refractivity contribution < 1.29 is 9.84 Å². The van der Waals surface area contributed by atoms with Crippen LogP contribution in [0.25, 0.3) is 0 Å². The Hall–Kier alpha value is -1.72. The van der Waals surface area contributed by atoms with E-state index in [4.69, 9.17) is 4.74 Å². The smallest absolute Gasteiger partial charge is 0.119 e. The quantitative estimate of drug-likeness (QED) is 0.803. The molecule has 2 aromatic rings. The van der Waals surface area contributed by atoms with E-state index < -0.39 is 6.10 Å². The van der Waals surface area contributed by atoms with Crippen LogP contribution < -0.4 is 0 Å². The number of ether oxygens (including phenoxy) is 1. The Morgan fingerprint density at radius 2 is 1.88 bits per heavy atom. The van der Waals surface area contributed by atoms with E-state index in [1.165, 1.54) is 0 Å². The fourth-order valence-electron chi connectivity index (χ4n) is 1.50. The van der Waals surface area contributed by atoms with E-state index in [9.17, 15) is 5.11 Å². The zero-order valence-electron chi connectivity index (χ0n) is 9.44. The minimum atomic E-state index is -0.547. The second-order valence-electron chi connectivity index (χ2n) is 3.81. The van der Waals surface area contributed by atoms with Crippen molar-refractivity contribution in [3.63, 3.8) is 0 Å². The number of benzene rings is 1. The van der Waals surface area contributed by atoms with Gasteiger partial charge in [0.05, 0.1) is 25.9 Å². The van der Waals surface area contributed by atoms with Gasteiger partial charge in [-0.3, -0.25) is 0 Å². The molecule has 0 spiro atoms. The van der Waals surface area contributed by atoms with Gasteiger partial charge in [-0.2, -0.15) is 0 Å². The maximum atomic E-state index is 9.70. The summed E-state index contributed by atoms with van der Waals surface area (Å²) < 4.78 is 7.14. The molecule has 2 rings (SSSR count). The Morgan fingerprint density at radius 3 is 2.59 bits per heavy atom. The summed E-state index contributed by atoms with van der Waals surface area (Å²) in [6.07, 6.45) is 2.59. The van der Waals surface area contributed by atoms with Crippen LogP contribution in [0.2, 0.25) is 0 Å². The van der Waals surface area contributed by atoms with Gasteiger partial charge in [-0.1, -0.05) is 30.3 Å². The minimum absolute atomic E-state index is 0.299. The highest BCUT2D eigenvalue weighted by molar-refractivity contribution is 5.13. The Labute approximate surface area is 99.7 Å². The van der Waals surface area contributed by atoms with E-state index in [0.717, 1.165) is 5.56 Å². The molecule has 90 valence electrons. The average Bonchev–Trinajstić information content (AvgIpc) is 2.83. The SMILES string of the molecule is O[C@H](COCc1ccccc1)Cn1cnnc1. The lowest BCUT2D eigenvalue weighted by atomic mass is 10.2. The van der Waals surface area contributed by atoms with Gasteiger partial charge in [0.15, 0.2) is 0 Å². The summed E-state index contributed by atoms with van der Waals surface area (Å²) in [6, 6.07) is 9.88. The highest BCUT2D eigenvalue weighted by Crippen LogP contribution is 2.01. The van der Waals surface area contributed by atoms with Gasteiger partial charge in [0.2, 0.25) is 0 Å². The molecular weight excluding hydrogens is 218 g/mol. The van der Waals surface area contributed by atoms with E-state index in [1.807, 2.05) is 30.3 Å². The van der Waals surface area contributed by atoms with Crippen LogP contribution in [-0.2, 0) is 17.9 Å². The van der Waals surface area contributed by atoms with Crippen molar-refractivity contribution >= 4 is 0 Å². The summed E-state index contributed by atoms with van der Waals surface area (Å²) in [7, 11) is 0. The van der Waals surface area contributed by atoms with Crippen LogP contribution in [0, 0.1) is 0 Å². The lowest BCUT2D eigenvalue weighted by molar-refractivity contribution is 0.0203. The fourth-order valence-corrected chi connectivity index (χ4v) is 1.50. The lowest BCUT2D eigenvalue weighted by Crippen LogP contribution is -2.21. The number of hydrogen-bond acceptors (Lipinski definition) is 4. The number of rotatable bonds is 6. The molecule has 0 saturated heterocycles. The van der Waals surface area contributed by atoms with E-state index >= 15 is 0 Å². The van der Waals surface area contributed by atoms with Crippen molar-refractivity contribution in [2.75, 3.05) is 6.61 Å². The Morgan fingerprint density at radius 1 is 1.18 bits per heavy atom. The van der Waals surface area contributed by atoms with Gasteiger partial charge >= 0.3 is 0 Å². The molecule has 5 nitrogen and oxygen atoms in total. The van der Waals surface area contributed by atoms with E-state index in [1.54, 1.807) is 17.2 Å². The van der Waals surface area contributed by atoms with Gasteiger partial charge in [0.1, 0.15) is 12.7 Å². The van der Waals surface area contributed by atoms with Crippen LogP contribution in [-0.4, -0.2) is 32.6 Å². The molecule has 1 aromatic carbocycles. The third-order valence-corrected chi connectivity index (χ3v) is 2.31. The molecule has 1 N–H and O–H groups in total. The topological polar surface area (TPSA) is 60.2 Å². The molecule has 0 bridgehead atoms. The average molecular weight is 233 g/mol. The van der Waals surface area contributed by atoms with Gasteiger partial charge in [-0.25, -0.2) is 0 Å². The molecule has 0 aliphatic carbocycles. The van der Waals surface area contributed by atoms with Crippen LogP contribution >= 0.6 is 0 Å². The predicted molar refractivity (Wildman–Crippen MR) is 62.1 cm³/mol. The number of aliphatic hydroxyl groups excluding tert-OH is 1. The van der Waals surface area contributed by atoms with Crippen LogP contribution in [0.1, 0.15) is 5.56 Å². The largest absolute Gasteiger partial charge is 0.389 e. The maximum absolute atomic E-state index is 9.70. The third-order valence-electron chi connectivity index (χ3n) is 2.31. The predicted octanol–water partition coefficient (Wildman–Crippen LogP) is 0.856. The first kappa shape index (κ1) is 11.8. The Bertz CT molecular complexity index is 417. The molecule has 17 heavy (non-hydrogen) atoms. The van der Waals surface area contributed by atoms with Gasteiger partial charge < -0.3 is 14.4 Å². The normalized spacial score (nSPS) is 12.5. The Balaban J connectivity index is 1.68. The van der Waals surface area contributed by atoms with Gasteiger partial charge in [0, 0.05) is 0 Å². The number of hydrogen-bond donors (Lipinski definition) is 1. The number of aliphatic hydroxyl groups is 1. The van der Waals surface area contributed by atoms with Crippen molar-refractivity contribution in [1.29, 1.82) is 0 Å². The van der Waals surface area contributed by atoms with Crippen molar-refractivity contribution in [1.82, 2.24) is 14.8 Å². The molecular formula is C12H15N3O2. The molecule has 0 saturated carbocycles. The van der Waals surface area contributed by atoms with E-state index in [0.29, 0.717) is 19.8 Å². The van der Waals surface area contributed by atoms with Crippen molar-refractivity contribution in [3.8, 4) is 0 Å². The molecule has 0 amide bonds. The first-order valence-electron chi connectivity index (χ1n) is 5.47. The molecule has 1 aromatic heterocycles. The van der Waals surface area contributed by atoms with Crippen LogP contribution in [0.5, 0.6) is 0 Å². The van der Waals surface area contributed by atoms with E-state index in [2.05, 4.69) is 10.2 Å². The summed E-state index contributed by atoms with van der Waals surface area (Å²) in [5.41, 5.74) is 1.10. The standard InChI is InChI=1S/C12H15N3O2/c16-12(6-15-9-13-14-10-15)8-17-7-11-4-2-1-3-5-11/h1-5,9-10,12,16H,6-8H2/t12-/m0/s1. The molecule has 0 unspecified atom stereocenters. The van der Waals surface area contributed by atoms with Crippen LogP contribution in [0.3, 0.4) is 0 Å². The fraction of sp³-hybridized carbons (Fsp3) is 0.333. The second kappa shape index (κ2) is 6.12. The lowest BCUT2D eigenvalue weighted by Gasteiger charge is -2.11. The molecule has 1 heterocycles. The molecule has 5 heteroatoms. The van der Waals surface area contributed by atoms with Crippen molar-refractivity contribution in [2.45, 2.75) is 19.3 Å². The third kappa shape index (κ3) is 3.97. The Kier molecular flexibility index (Phi) is 4.23. The van der Waals surface area contributed by atoms with Crippen molar-refractivity contribution in [3.05, 3.63) is 48.5 Å².